The van der Waals surface area contributed by atoms with Gasteiger partial charge in [0.05, 0.1) is 13.2 Å². The molecule has 1 atom stereocenters. The van der Waals surface area contributed by atoms with Crippen molar-refractivity contribution in [2.75, 3.05) is 26.8 Å². The average molecular weight is 548 g/mol. The Morgan fingerprint density at radius 2 is 2.03 bits per heavy atom. The molecule has 0 spiro atoms. The lowest BCUT2D eigenvalue weighted by atomic mass is 10.1. The fraction of sp³-hybridized carbons (Fsp3) is 0.400. The lowest BCUT2D eigenvalue weighted by Gasteiger charge is -2.18. The van der Waals surface area contributed by atoms with Gasteiger partial charge in [-0.1, -0.05) is 30.3 Å². The van der Waals surface area contributed by atoms with E-state index in [0.717, 1.165) is 43.3 Å². The largest absolute Gasteiger partial charge is 0.488 e. The van der Waals surface area contributed by atoms with Crippen molar-refractivity contribution in [1.82, 2.24) is 15.6 Å². The third kappa shape index (κ3) is 5.95. The van der Waals surface area contributed by atoms with Crippen LogP contribution in [-0.2, 0) is 17.7 Å². The zero-order chi connectivity index (χ0) is 21.6. The molecule has 3 N–H and O–H groups in total. The molecule has 2 heterocycles. The number of aryl methyl sites for hydroxylation is 2. The van der Waals surface area contributed by atoms with Crippen molar-refractivity contribution in [2.24, 2.45) is 4.99 Å². The van der Waals surface area contributed by atoms with Crippen LogP contribution in [0.3, 0.4) is 0 Å². The number of aliphatic imine (C=N–C) groups is 1. The van der Waals surface area contributed by atoms with Crippen LogP contribution in [0.4, 0.5) is 0 Å². The third-order valence-corrected chi connectivity index (χ3v) is 5.77. The summed E-state index contributed by atoms with van der Waals surface area (Å²) in [5.41, 5.74) is 6.08. The van der Waals surface area contributed by atoms with Crippen LogP contribution in [0, 0.1) is 13.8 Å². The molecule has 6 nitrogen and oxygen atoms in total. The normalized spacial score (nSPS) is 16.1. The Balaban J connectivity index is 0.00000289. The maximum absolute atomic E-state index is 6.21. The van der Waals surface area contributed by atoms with E-state index in [9.17, 15) is 0 Å². The minimum Gasteiger partial charge on any atom is -0.488 e. The quantitative estimate of drug-likeness (QED) is 0.232. The molecule has 2 aromatic carbocycles. The molecule has 4 rings (SSSR count). The highest BCUT2D eigenvalue weighted by Gasteiger charge is 2.19. The molecule has 1 aliphatic rings. The summed E-state index contributed by atoms with van der Waals surface area (Å²) in [4.78, 5) is 7.85. The van der Waals surface area contributed by atoms with Crippen molar-refractivity contribution in [2.45, 2.75) is 39.3 Å². The second-order valence-corrected chi connectivity index (χ2v) is 8.09. The summed E-state index contributed by atoms with van der Waals surface area (Å²) in [6, 6.07) is 14.8. The molecule has 3 aromatic rings. The first-order chi connectivity index (χ1) is 15.1. The lowest BCUT2D eigenvalue weighted by Crippen LogP contribution is -2.38. The SMILES string of the molecule is CN=C(NCCc1c(C)[nH]c2ccccc12)NCc1ccc(C)cc1OC1CCOC1.I. The number of guanidine groups is 1. The van der Waals surface area contributed by atoms with E-state index in [1.54, 1.807) is 7.05 Å². The van der Waals surface area contributed by atoms with E-state index in [-0.39, 0.29) is 30.1 Å². The van der Waals surface area contributed by atoms with Crippen LogP contribution in [-0.4, -0.2) is 43.9 Å². The number of rotatable bonds is 7. The second-order valence-electron chi connectivity index (χ2n) is 8.09. The molecule has 0 amide bonds. The first-order valence-electron chi connectivity index (χ1n) is 11.0. The second kappa shape index (κ2) is 11.6. The van der Waals surface area contributed by atoms with Gasteiger partial charge in [-0.2, -0.15) is 0 Å². The summed E-state index contributed by atoms with van der Waals surface area (Å²) < 4.78 is 11.7. The predicted octanol–water partition coefficient (Wildman–Crippen LogP) is 4.48. The molecule has 0 bridgehead atoms. The van der Waals surface area contributed by atoms with Crippen molar-refractivity contribution in [3.8, 4) is 5.75 Å². The van der Waals surface area contributed by atoms with Crippen LogP contribution in [0.2, 0.25) is 0 Å². The number of aromatic nitrogens is 1. The van der Waals surface area contributed by atoms with Gasteiger partial charge in [0.15, 0.2) is 5.96 Å². The Morgan fingerprint density at radius 3 is 2.81 bits per heavy atom. The van der Waals surface area contributed by atoms with Crippen LogP contribution in [0.15, 0.2) is 47.5 Å². The lowest BCUT2D eigenvalue weighted by molar-refractivity contribution is 0.140. The van der Waals surface area contributed by atoms with E-state index in [2.05, 4.69) is 76.9 Å². The smallest absolute Gasteiger partial charge is 0.191 e. The molecular weight excluding hydrogens is 515 g/mol. The first-order valence-corrected chi connectivity index (χ1v) is 11.0. The number of halogens is 1. The highest BCUT2D eigenvalue weighted by atomic mass is 127. The third-order valence-electron chi connectivity index (χ3n) is 5.77. The van der Waals surface area contributed by atoms with Gasteiger partial charge < -0.3 is 25.1 Å². The maximum atomic E-state index is 6.21. The van der Waals surface area contributed by atoms with Crippen LogP contribution < -0.4 is 15.4 Å². The molecule has 32 heavy (non-hydrogen) atoms. The van der Waals surface area contributed by atoms with E-state index in [4.69, 9.17) is 9.47 Å². The first kappa shape index (κ1) is 24.4. The number of fused-ring (bicyclic) bond motifs is 1. The number of para-hydroxylation sites is 1. The number of hydrogen-bond donors (Lipinski definition) is 3. The van der Waals surface area contributed by atoms with E-state index >= 15 is 0 Å². The summed E-state index contributed by atoms with van der Waals surface area (Å²) in [6.45, 7) is 7.11. The molecule has 7 heteroatoms. The molecule has 0 saturated carbocycles. The monoisotopic (exact) mass is 548 g/mol. The predicted molar refractivity (Wildman–Crippen MR) is 141 cm³/mol. The number of H-pyrrole nitrogens is 1. The van der Waals surface area contributed by atoms with E-state index in [1.807, 2.05) is 0 Å². The Labute approximate surface area is 207 Å². The topological polar surface area (TPSA) is 70.7 Å². The number of hydrogen-bond acceptors (Lipinski definition) is 3. The minimum atomic E-state index is 0. The van der Waals surface area contributed by atoms with Crippen molar-refractivity contribution in [3.63, 3.8) is 0 Å². The number of nitrogens with zero attached hydrogens (tertiary/aromatic N) is 1. The molecule has 1 saturated heterocycles. The summed E-state index contributed by atoms with van der Waals surface area (Å²) in [6.07, 6.45) is 2.01. The fourth-order valence-electron chi connectivity index (χ4n) is 4.07. The standard InChI is InChI=1S/C25H32N4O2.HI/c1-17-8-9-19(24(14-17)31-20-11-13-30-16-20)15-28-25(26-3)27-12-10-21-18(2)29-23-7-5-4-6-22(21)23;/h4-9,14,20,29H,10-13,15-16H2,1-3H3,(H2,26,27,28);1H. The van der Waals surface area contributed by atoms with Gasteiger partial charge in [-0.25, -0.2) is 0 Å². The van der Waals surface area contributed by atoms with Gasteiger partial charge in [0.1, 0.15) is 11.9 Å². The van der Waals surface area contributed by atoms with Gasteiger partial charge in [-0.05, 0) is 43.5 Å². The van der Waals surface area contributed by atoms with Crippen molar-refractivity contribution in [3.05, 3.63) is 64.8 Å². The van der Waals surface area contributed by atoms with Crippen molar-refractivity contribution < 1.29 is 9.47 Å². The van der Waals surface area contributed by atoms with Crippen LogP contribution >= 0.6 is 24.0 Å². The number of ether oxygens (including phenoxy) is 2. The molecule has 172 valence electrons. The van der Waals surface area contributed by atoms with Gasteiger partial charge in [0.25, 0.3) is 0 Å². The Hall–Kier alpha value is -2.26. The van der Waals surface area contributed by atoms with Gasteiger partial charge >= 0.3 is 0 Å². The minimum absolute atomic E-state index is 0. The molecule has 1 aromatic heterocycles. The van der Waals surface area contributed by atoms with Crippen LogP contribution in [0.25, 0.3) is 10.9 Å². The summed E-state index contributed by atoms with van der Waals surface area (Å²) in [7, 11) is 1.80. The summed E-state index contributed by atoms with van der Waals surface area (Å²) >= 11 is 0. The zero-order valence-electron chi connectivity index (χ0n) is 19.0. The van der Waals surface area contributed by atoms with Crippen LogP contribution in [0.1, 0.15) is 28.8 Å². The average Bonchev–Trinajstić information content (AvgIpc) is 3.39. The van der Waals surface area contributed by atoms with E-state index < -0.39 is 0 Å². The molecule has 1 unspecified atom stereocenters. The highest BCUT2D eigenvalue weighted by Crippen LogP contribution is 2.24. The Bertz CT molecular complexity index is 1060. The van der Waals surface area contributed by atoms with E-state index in [1.165, 1.54) is 27.7 Å². The highest BCUT2D eigenvalue weighted by molar-refractivity contribution is 14.0. The molecule has 0 radical (unpaired) electrons. The molecular formula is C25H33IN4O2. The fourth-order valence-corrected chi connectivity index (χ4v) is 4.07. The molecule has 1 fully saturated rings. The number of aromatic amines is 1. The van der Waals surface area contributed by atoms with E-state index in [0.29, 0.717) is 13.2 Å². The Kier molecular flexibility index (Phi) is 8.81. The van der Waals surface area contributed by atoms with Crippen LogP contribution in [0.5, 0.6) is 5.75 Å². The Morgan fingerprint density at radius 1 is 1.19 bits per heavy atom. The van der Waals surface area contributed by atoms with Gasteiger partial charge in [0, 0.05) is 48.7 Å². The molecule has 1 aliphatic heterocycles. The van der Waals surface area contributed by atoms with Gasteiger partial charge in [0.2, 0.25) is 0 Å². The van der Waals surface area contributed by atoms with Gasteiger partial charge in [-0.15, -0.1) is 24.0 Å². The summed E-state index contributed by atoms with van der Waals surface area (Å²) in [5.74, 6) is 1.71. The maximum Gasteiger partial charge on any atom is 0.191 e. The zero-order valence-corrected chi connectivity index (χ0v) is 21.4. The summed E-state index contributed by atoms with van der Waals surface area (Å²) in [5, 5.41) is 8.15. The molecule has 0 aliphatic carbocycles. The number of benzene rings is 2. The van der Waals surface area contributed by atoms with Crippen molar-refractivity contribution in [1.29, 1.82) is 0 Å². The number of nitrogens with one attached hydrogen (secondary N) is 3. The van der Waals surface area contributed by atoms with Gasteiger partial charge in [-0.3, -0.25) is 4.99 Å². The van der Waals surface area contributed by atoms with Crippen molar-refractivity contribution >= 4 is 40.8 Å².